The molecule has 1 aromatic heterocycles. The number of halogens is 2. The number of aromatic nitrogens is 2. The molecule has 1 amide bonds. The summed E-state index contributed by atoms with van der Waals surface area (Å²) in [6.45, 7) is 0. The first kappa shape index (κ1) is 28.6. The molecular weight excluding hydrogens is 609 g/mol. The number of carbonyl (C=O) groups excluding carboxylic acids is 2. The Hall–Kier alpha value is -4.51. The van der Waals surface area contributed by atoms with E-state index >= 15 is 0 Å². The van der Waals surface area contributed by atoms with Gasteiger partial charge in [-0.1, -0.05) is 83.2 Å². The third-order valence-corrected chi connectivity index (χ3v) is 8.98. The normalized spacial score (nSPS) is 16.0. The molecule has 214 valence electrons. The van der Waals surface area contributed by atoms with Gasteiger partial charge < -0.3 is 9.84 Å². The Kier molecular flexibility index (Phi) is 8.24. The van der Waals surface area contributed by atoms with Crippen molar-refractivity contribution in [2.45, 2.75) is 16.1 Å². The molecule has 1 N–H and O–H groups in total. The van der Waals surface area contributed by atoms with Crippen LogP contribution in [0.15, 0.2) is 113 Å². The molecule has 1 aliphatic heterocycles. The van der Waals surface area contributed by atoms with E-state index < -0.39 is 17.7 Å². The predicted molar refractivity (Wildman–Crippen MR) is 165 cm³/mol. The molecule has 1 atom stereocenters. The number of rotatable bonds is 8. The van der Waals surface area contributed by atoms with Gasteiger partial charge in [0.25, 0.3) is 5.78 Å². The lowest BCUT2D eigenvalue weighted by Gasteiger charge is -2.23. The highest BCUT2D eigenvalue weighted by atomic mass is 35.5. The van der Waals surface area contributed by atoms with Crippen molar-refractivity contribution in [3.63, 3.8) is 0 Å². The Morgan fingerprint density at radius 3 is 2.42 bits per heavy atom. The van der Waals surface area contributed by atoms with Crippen molar-refractivity contribution in [2.75, 3.05) is 4.90 Å². The van der Waals surface area contributed by atoms with Crippen LogP contribution in [0.1, 0.15) is 22.7 Å². The molecular formula is C32H21ClFN3O4S2. The first-order chi connectivity index (χ1) is 20.9. The average molecular weight is 630 g/mol. The maximum atomic E-state index is 14.1. The van der Waals surface area contributed by atoms with Crippen LogP contribution in [0.3, 0.4) is 0 Å². The Labute approximate surface area is 259 Å². The van der Waals surface area contributed by atoms with Crippen molar-refractivity contribution in [3.05, 3.63) is 136 Å². The molecule has 0 aliphatic carbocycles. The summed E-state index contributed by atoms with van der Waals surface area (Å²) in [4.78, 5) is 28.3. The summed E-state index contributed by atoms with van der Waals surface area (Å²) in [5.41, 5.74) is 1.23. The number of thioether (sulfide) groups is 1. The number of Topliss-reactive ketones (excluding diaryl/α,β-unsaturated/α-hetero) is 1. The standard InChI is InChI=1S/C32H21ClFN3O4S2/c33-22-15-13-19(14-16-22)28(38)26-27(20-8-6-11-24(17-20)41-23-9-2-1-3-10-23)37(30(40)29(26)39)31-35-36-32(43-31)42-18-21-7-4-5-12-25(21)34/h1-17,27,38H,18H2/b28-26-. The zero-order valence-electron chi connectivity index (χ0n) is 22.2. The second-order valence-electron chi connectivity index (χ2n) is 9.39. The molecule has 1 aliphatic rings. The zero-order chi connectivity index (χ0) is 29.9. The van der Waals surface area contributed by atoms with E-state index in [2.05, 4.69) is 10.2 Å². The first-order valence-electron chi connectivity index (χ1n) is 13.0. The third-order valence-electron chi connectivity index (χ3n) is 6.63. The molecule has 43 heavy (non-hydrogen) atoms. The molecule has 6 rings (SSSR count). The smallest absolute Gasteiger partial charge is 0.301 e. The molecule has 0 saturated carbocycles. The van der Waals surface area contributed by atoms with Crippen LogP contribution < -0.4 is 9.64 Å². The van der Waals surface area contributed by atoms with Crippen LogP contribution in [0.25, 0.3) is 5.76 Å². The monoisotopic (exact) mass is 629 g/mol. The molecule has 4 aromatic carbocycles. The maximum absolute atomic E-state index is 14.1. The average Bonchev–Trinajstić information content (AvgIpc) is 3.59. The number of nitrogens with zero attached hydrogens (tertiary/aromatic N) is 3. The second-order valence-corrected chi connectivity index (χ2v) is 12.0. The van der Waals surface area contributed by atoms with Crippen LogP contribution in [0.4, 0.5) is 9.52 Å². The van der Waals surface area contributed by atoms with Gasteiger partial charge in [0.1, 0.15) is 23.1 Å². The van der Waals surface area contributed by atoms with Gasteiger partial charge in [0, 0.05) is 16.3 Å². The summed E-state index contributed by atoms with van der Waals surface area (Å²) in [6, 6.07) is 27.8. The lowest BCUT2D eigenvalue weighted by atomic mass is 9.95. The summed E-state index contributed by atoms with van der Waals surface area (Å²) in [5, 5.41) is 20.4. The lowest BCUT2D eigenvalue weighted by Crippen LogP contribution is -2.29. The number of ether oxygens (including phenoxy) is 1. The summed E-state index contributed by atoms with van der Waals surface area (Å²) in [7, 11) is 0. The molecule has 2 heterocycles. The Morgan fingerprint density at radius 2 is 1.65 bits per heavy atom. The number of amides is 1. The minimum absolute atomic E-state index is 0.111. The molecule has 0 spiro atoms. The number of aliphatic hydroxyl groups excluding tert-OH is 1. The zero-order valence-corrected chi connectivity index (χ0v) is 24.6. The number of hydrogen-bond donors (Lipinski definition) is 1. The number of ketones is 1. The van der Waals surface area contributed by atoms with Crippen LogP contribution in [0.5, 0.6) is 11.5 Å². The quantitative estimate of drug-likeness (QED) is 0.0610. The van der Waals surface area contributed by atoms with Gasteiger partial charge in [0.2, 0.25) is 5.13 Å². The third kappa shape index (κ3) is 6.03. The topological polar surface area (TPSA) is 92.6 Å². The second kappa shape index (κ2) is 12.4. The lowest BCUT2D eigenvalue weighted by molar-refractivity contribution is -0.132. The van der Waals surface area contributed by atoms with E-state index in [1.807, 2.05) is 18.2 Å². The first-order valence-corrected chi connectivity index (χ1v) is 15.2. The van der Waals surface area contributed by atoms with Crippen LogP contribution in [0, 0.1) is 5.82 Å². The Balaban J connectivity index is 1.40. The van der Waals surface area contributed by atoms with Gasteiger partial charge in [-0.3, -0.25) is 14.5 Å². The van der Waals surface area contributed by atoms with E-state index in [0.717, 1.165) is 11.3 Å². The molecule has 11 heteroatoms. The predicted octanol–water partition coefficient (Wildman–Crippen LogP) is 8.04. The van der Waals surface area contributed by atoms with Crippen molar-refractivity contribution >= 4 is 57.3 Å². The minimum Gasteiger partial charge on any atom is -0.507 e. The van der Waals surface area contributed by atoms with Crippen molar-refractivity contribution < 1.29 is 23.8 Å². The minimum atomic E-state index is -1.03. The van der Waals surface area contributed by atoms with E-state index in [9.17, 15) is 19.1 Å². The number of anilines is 1. The van der Waals surface area contributed by atoms with Gasteiger partial charge in [-0.15, -0.1) is 10.2 Å². The van der Waals surface area contributed by atoms with E-state index in [1.54, 1.807) is 78.9 Å². The fraction of sp³-hybridized carbons (Fsp3) is 0.0625. The van der Waals surface area contributed by atoms with E-state index in [1.165, 1.54) is 22.7 Å². The molecule has 7 nitrogen and oxygen atoms in total. The maximum Gasteiger partial charge on any atom is 0.301 e. The highest BCUT2D eigenvalue weighted by Crippen LogP contribution is 2.45. The summed E-state index contributed by atoms with van der Waals surface area (Å²) in [5.74, 6) is -1.03. The van der Waals surface area contributed by atoms with Gasteiger partial charge in [-0.25, -0.2) is 4.39 Å². The number of para-hydroxylation sites is 1. The van der Waals surface area contributed by atoms with E-state index in [0.29, 0.717) is 43.3 Å². The SMILES string of the molecule is O=C1C(=O)N(c2nnc(SCc3ccccc3F)s2)C(c2cccc(Oc3ccccc3)c2)/C1=C(/O)c1ccc(Cl)cc1. The van der Waals surface area contributed by atoms with Crippen molar-refractivity contribution in [1.29, 1.82) is 0 Å². The summed E-state index contributed by atoms with van der Waals surface area (Å²) in [6.07, 6.45) is 0. The summed E-state index contributed by atoms with van der Waals surface area (Å²) < 4.78 is 20.6. The van der Waals surface area contributed by atoms with Crippen molar-refractivity contribution in [2.24, 2.45) is 0 Å². The van der Waals surface area contributed by atoms with Crippen LogP contribution in [-0.4, -0.2) is 27.0 Å². The van der Waals surface area contributed by atoms with Crippen LogP contribution >= 0.6 is 34.7 Å². The van der Waals surface area contributed by atoms with E-state index in [-0.39, 0.29) is 22.3 Å². The van der Waals surface area contributed by atoms with Gasteiger partial charge in [-0.05, 0) is 65.7 Å². The number of aliphatic hydroxyl groups is 1. The van der Waals surface area contributed by atoms with Crippen molar-refractivity contribution in [3.8, 4) is 11.5 Å². The van der Waals surface area contributed by atoms with Crippen molar-refractivity contribution in [1.82, 2.24) is 10.2 Å². The number of carbonyl (C=O) groups is 2. The van der Waals surface area contributed by atoms with Gasteiger partial charge in [0.15, 0.2) is 4.34 Å². The molecule has 5 aromatic rings. The van der Waals surface area contributed by atoms with E-state index in [4.69, 9.17) is 16.3 Å². The summed E-state index contributed by atoms with van der Waals surface area (Å²) >= 11 is 8.40. The Morgan fingerprint density at radius 1 is 0.930 bits per heavy atom. The van der Waals surface area contributed by atoms with Crippen LogP contribution in [-0.2, 0) is 15.3 Å². The highest BCUT2D eigenvalue weighted by Gasteiger charge is 2.48. The number of hydrogen-bond acceptors (Lipinski definition) is 8. The molecule has 1 saturated heterocycles. The molecule has 0 radical (unpaired) electrons. The highest BCUT2D eigenvalue weighted by molar-refractivity contribution is 8.00. The van der Waals surface area contributed by atoms with Gasteiger partial charge >= 0.3 is 5.91 Å². The fourth-order valence-corrected chi connectivity index (χ4v) is 6.57. The largest absolute Gasteiger partial charge is 0.507 e. The fourth-order valence-electron chi connectivity index (χ4n) is 4.59. The molecule has 0 bridgehead atoms. The van der Waals surface area contributed by atoms with Gasteiger partial charge in [0.05, 0.1) is 11.6 Å². The van der Waals surface area contributed by atoms with Crippen LogP contribution in [0.2, 0.25) is 5.02 Å². The molecule has 1 fully saturated rings. The molecule has 1 unspecified atom stereocenters. The number of benzene rings is 4. The Bertz CT molecular complexity index is 1850. The van der Waals surface area contributed by atoms with Gasteiger partial charge in [-0.2, -0.15) is 0 Å².